The van der Waals surface area contributed by atoms with Crippen molar-refractivity contribution in [2.24, 2.45) is 5.84 Å². The Bertz CT molecular complexity index is 573. The van der Waals surface area contributed by atoms with Gasteiger partial charge in [-0.2, -0.15) is 0 Å². The van der Waals surface area contributed by atoms with Gasteiger partial charge in [0.05, 0.1) is 5.69 Å². The van der Waals surface area contributed by atoms with Gasteiger partial charge in [0.15, 0.2) is 5.16 Å². The van der Waals surface area contributed by atoms with Crippen LogP contribution in [0.2, 0.25) is 0 Å². The molecule has 98 valence electrons. The number of aryl methyl sites for hydroxylation is 1. The summed E-state index contributed by atoms with van der Waals surface area (Å²) in [5.41, 5.74) is 4.14. The summed E-state index contributed by atoms with van der Waals surface area (Å²) in [7, 11) is 0. The third-order valence-electron chi connectivity index (χ3n) is 2.28. The normalized spacial score (nSPS) is 10.2. The fourth-order valence-corrected chi connectivity index (χ4v) is 2.05. The third kappa shape index (κ3) is 3.73. The maximum atomic E-state index is 11.3. The van der Waals surface area contributed by atoms with Crippen molar-refractivity contribution < 1.29 is 4.79 Å². The lowest BCUT2D eigenvalue weighted by atomic mass is 10.3. The van der Waals surface area contributed by atoms with E-state index in [0.29, 0.717) is 16.6 Å². The number of thioether (sulfide) groups is 1. The van der Waals surface area contributed by atoms with E-state index >= 15 is 0 Å². The smallest absolute Gasteiger partial charge is 0.283 e. The van der Waals surface area contributed by atoms with Crippen molar-refractivity contribution in [1.29, 1.82) is 0 Å². The van der Waals surface area contributed by atoms with Crippen molar-refractivity contribution in [2.45, 2.75) is 17.8 Å². The molecule has 0 bridgehead atoms. The lowest BCUT2D eigenvalue weighted by Gasteiger charge is -2.03. The molecular weight excluding hydrogens is 262 g/mol. The lowest BCUT2D eigenvalue weighted by Crippen LogP contribution is -2.30. The number of nitrogens with two attached hydrogens (primary N) is 1. The van der Waals surface area contributed by atoms with Gasteiger partial charge in [-0.3, -0.25) is 10.2 Å². The van der Waals surface area contributed by atoms with Crippen LogP contribution in [0.5, 0.6) is 0 Å². The summed E-state index contributed by atoms with van der Waals surface area (Å²) in [6, 6.07) is 5.22. The van der Waals surface area contributed by atoms with Gasteiger partial charge in [0, 0.05) is 18.1 Å². The van der Waals surface area contributed by atoms with Crippen LogP contribution in [0.25, 0.3) is 0 Å². The maximum absolute atomic E-state index is 11.3. The van der Waals surface area contributed by atoms with Crippen LogP contribution in [0.3, 0.4) is 0 Å². The molecule has 0 fully saturated rings. The van der Waals surface area contributed by atoms with Crippen molar-refractivity contribution in [3.63, 3.8) is 0 Å². The molecule has 19 heavy (non-hydrogen) atoms. The van der Waals surface area contributed by atoms with Gasteiger partial charge < -0.3 is 0 Å². The second-order valence-corrected chi connectivity index (χ2v) is 4.76. The van der Waals surface area contributed by atoms with Gasteiger partial charge >= 0.3 is 0 Å². The average Bonchev–Trinajstić information content (AvgIpc) is 2.46. The Balaban J connectivity index is 2.03. The van der Waals surface area contributed by atoms with Crippen LogP contribution in [0.1, 0.15) is 21.7 Å². The van der Waals surface area contributed by atoms with Gasteiger partial charge in [-0.05, 0) is 24.6 Å². The Morgan fingerprint density at radius 3 is 2.79 bits per heavy atom. The van der Waals surface area contributed by atoms with Crippen LogP contribution in [-0.4, -0.2) is 20.9 Å². The molecule has 6 nitrogen and oxygen atoms in total. The minimum Gasteiger partial charge on any atom is -0.289 e. The van der Waals surface area contributed by atoms with Gasteiger partial charge in [0.1, 0.15) is 5.69 Å². The van der Waals surface area contributed by atoms with Crippen molar-refractivity contribution >= 4 is 17.7 Å². The summed E-state index contributed by atoms with van der Waals surface area (Å²) in [6.45, 7) is 1.94. The molecule has 3 N–H and O–H groups in total. The summed E-state index contributed by atoms with van der Waals surface area (Å²) in [5, 5.41) is 0.682. The summed E-state index contributed by atoms with van der Waals surface area (Å²) in [4.78, 5) is 23.9. The summed E-state index contributed by atoms with van der Waals surface area (Å²) >= 11 is 1.46. The number of rotatable bonds is 4. The Hall–Kier alpha value is -1.99. The predicted octanol–water partition coefficient (Wildman–Crippen LogP) is 1.08. The van der Waals surface area contributed by atoms with Crippen LogP contribution in [0.4, 0.5) is 0 Å². The molecule has 1 amide bonds. The minimum atomic E-state index is -0.404. The Labute approximate surface area is 114 Å². The number of pyridine rings is 1. The second kappa shape index (κ2) is 6.26. The minimum absolute atomic E-state index is 0.297. The summed E-state index contributed by atoms with van der Waals surface area (Å²) < 4.78 is 0. The van der Waals surface area contributed by atoms with E-state index in [1.807, 2.05) is 13.0 Å². The molecule has 0 spiro atoms. The second-order valence-electron chi connectivity index (χ2n) is 3.82. The first-order chi connectivity index (χ1) is 9.19. The van der Waals surface area contributed by atoms with E-state index < -0.39 is 5.91 Å². The number of carbonyl (C=O) groups excluding carboxylic acids is 1. The van der Waals surface area contributed by atoms with E-state index in [-0.39, 0.29) is 0 Å². The lowest BCUT2D eigenvalue weighted by molar-refractivity contribution is 0.0948. The van der Waals surface area contributed by atoms with Crippen molar-refractivity contribution in [2.75, 3.05) is 0 Å². The van der Waals surface area contributed by atoms with Gasteiger partial charge in [0.2, 0.25) is 0 Å². The molecule has 0 unspecified atom stereocenters. The van der Waals surface area contributed by atoms with Crippen molar-refractivity contribution in [3.05, 3.63) is 47.5 Å². The predicted molar refractivity (Wildman–Crippen MR) is 72.2 cm³/mol. The number of hydrogen-bond donors (Lipinski definition) is 2. The number of nitrogens with zero attached hydrogens (tertiary/aromatic N) is 3. The van der Waals surface area contributed by atoms with E-state index in [0.717, 1.165) is 11.3 Å². The molecule has 2 rings (SSSR count). The fraction of sp³-hybridized carbons (Fsp3) is 0.167. The summed E-state index contributed by atoms with van der Waals surface area (Å²) in [6.07, 6.45) is 3.53. The Morgan fingerprint density at radius 1 is 1.37 bits per heavy atom. The molecule has 0 saturated heterocycles. The topological polar surface area (TPSA) is 93.8 Å². The Kier molecular flexibility index (Phi) is 4.43. The highest BCUT2D eigenvalue weighted by Crippen LogP contribution is 2.17. The molecule has 0 aromatic carbocycles. The van der Waals surface area contributed by atoms with Crippen LogP contribution in [0, 0.1) is 6.92 Å². The van der Waals surface area contributed by atoms with E-state index in [4.69, 9.17) is 5.84 Å². The highest BCUT2D eigenvalue weighted by Gasteiger charge is 2.06. The van der Waals surface area contributed by atoms with E-state index in [9.17, 15) is 4.79 Å². The van der Waals surface area contributed by atoms with Crippen molar-refractivity contribution in [1.82, 2.24) is 20.4 Å². The quantitative estimate of drug-likeness (QED) is 0.285. The standard InChI is InChI=1S/C12H13N5OS/c1-8-5-14-12(15-6-8)19-7-9-3-2-4-10(16-9)11(18)17-13/h2-6H,7,13H2,1H3,(H,17,18). The molecule has 7 heteroatoms. The summed E-state index contributed by atoms with van der Waals surface area (Å²) in [5.74, 6) is 5.26. The SMILES string of the molecule is Cc1cnc(SCc2cccc(C(=O)NN)n2)nc1. The molecule has 2 heterocycles. The zero-order valence-electron chi connectivity index (χ0n) is 10.3. The van der Waals surface area contributed by atoms with Crippen LogP contribution >= 0.6 is 11.8 Å². The molecule has 0 aliphatic rings. The molecule has 0 saturated carbocycles. The number of hydrazine groups is 1. The number of hydrogen-bond acceptors (Lipinski definition) is 6. The molecule has 2 aromatic heterocycles. The molecule has 0 aliphatic carbocycles. The highest BCUT2D eigenvalue weighted by atomic mass is 32.2. The Morgan fingerprint density at radius 2 is 2.11 bits per heavy atom. The highest BCUT2D eigenvalue weighted by molar-refractivity contribution is 7.98. The molecule has 2 aromatic rings. The molecule has 0 atom stereocenters. The van der Waals surface area contributed by atoms with Crippen LogP contribution < -0.4 is 11.3 Å². The van der Waals surface area contributed by atoms with E-state index in [1.165, 1.54) is 11.8 Å². The van der Waals surface area contributed by atoms with Gasteiger partial charge in [-0.25, -0.2) is 20.8 Å². The van der Waals surface area contributed by atoms with Crippen molar-refractivity contribution in [3.8, 4) is 0 Å². The molecule has 0 radical (unpaired) electrons. The number of aromatic nitrogens is 3. The average molecular weight is 275 g/mol. The van der Waals surface area contributed by atoms with Crippen LogP contribution in [-0.2, 0) is 5.75 Å². The van der Waals surface area contributed by atoms with Gasteiger partial charge in [-0.1, -0.05) is 17.8 Å². The number of amides is 1. The van der Waals surface area contributed by atoms with E-state index in [2.05, 4.69) is 20.4 Å². The maximum Gasteiger partial charge on any atom is 0.283 e. The first-order valence-electron chi connectivity index (χ1n) is 5.57. The number of nitrogen functional groups attached to an aromatic ring is 1. The first kappa shape index (κ1) is 13.4. The van der Waals surface area contributed by atoms with E-state index in [1.54, 1.807) is 24.5 Å². The van der Waals surface area contributed by atoms with Crippen LogP contribution in [0.15, 0.2) is 35.7 Å². The zero-order chi connectivity index (χ0) is 13.7. The largest absolute Gasteiger partial charge is 0.289 e. The zero-order valence-corrected chi connectivity index (χ0v) is 11.1. The molecular formula is C12H13N5OS. The number of nitrogens with one attached hydrogen (secondary N) is 1. The first-order valence-corrected chi connectivity index (χ1v) is 6.56. The van der Waals surface area contributed by atoms with Gasteiger partial charge in [-0.15, -0.1) is 0 Å². The monoisotopic (exact) mass is 275 g/mol. The third-order valence-corrected chi connectivity index (χ3v) is 3.19. The van der Waals surface area contributed by atoms with Gasteiger partial charge in [0.25, 0.3) is 5.91 Å². The molecule has 0 aliphatic heterocycles. The number of carbonyl (C=O) groups is 1. The fourth-order valence-electron chi connectivity index (χ4n) is 1.35.